The summed E-state index contributed by atoms with van der Waals surface area (Å²) in [4.78, 5) is 35.7. The third-order valence-corrected chi connectivity index (χ3v) is 4.10. The molecule has 2 amide bonds. The lowest BCUT2D eigenvalue weighted by Gasteiger charge is -2.12. The molecule has 2 N–H and O–H groups in total. The van der Waals surface area contributed by atoms with Crippen LogP contribution < -0.4 is 15.4 Å². The standard InChI is InChI=1S/C20H21ClN2O5/c1-12-8-13(2)19(16(21)9-12)23-17(24)11-28-18(25)10-22-20(26)14-4-6-15(27-3)7-5-14/h4-9H,10-11H2,1-3H3,(H,22,26)(H,23,24). The summed E-state index contributed by atoms with van der Waals surface area (Å²) in [7, 11) is 1.52. The molecule has 0 atom stereocenters. The molecule has 0 bridgehead atoms. The number of halogens is 1. The van der Waals surface area contributed by atoms with Gasteiger partial charge >= 0.3 is 5.97 Å². The number of hydrogen-bond donors (Lipinski definition) is 2. The second kappa shape index (κ2) is 9.75. The van der Waals surface area contributed by atoms with Crippen LogP contribution in [0, 0.1) is 13.8 Å². The van der Waals surface area contributed by atoms with Crippen LogP contribution >= 0.6 is 11.6 Å². The Morgan fingerprint density at radius 2 is 1.75 bits per heavy atom. The van der Waals surface area contributed by atoms with E-state index < -0.39 is 24.4 Å². The van der Waals surface area contributed by atoms with Gasteiger partial charge in [0.1, 0.15) is 12.3 Å². The molecule has 2 aromatic carbocycles. The number of carbonyl (C=O) groups excluding carboxylic acids is 3. The molecule has 2 aromatic rings. The number of ether oxygens (including phenoxy) is 2. The van der Waals surface area contributed by atoms with Crippen LogP contribution in [0.2, 0.25) is 5.02 Å². The molecule has 0 saturated carbocycles. The van der Waals surface area contributed by atoms with Crippen molar-refractivity contribution in [2.45, 2.75) is 13.8 Å². The van der Waals surface area contributed by atoms with Crippen molar-refractivity contribution in [3.63, 3.8) is 0 Å². The van der Waals surface area contributed by atoms with Gasteiger partial charge in [-0.2, -0.15) is 0 Å². The van der Waals surface area contributed by atoms with Gasteiger partial charge in [-0.25, -0.2) is 0 Å². The summed E-state index contributed by atoms with van der Waals surface area (Å²) in [6.45, 7) is 2.87. The molecule has 0 aliphatic heterocycles. The molecular weight excluding hydrogens is 384 g/mol. The smallest absolute Gasteiger partial charge is 0.325 e. The van der Waals surface area contributed by atoms with E-state index in [1.165, 1.54) is 7.11 Å². The van der Waals surface area contributed by atoms with E-state index in [2.05, 4.69) is 10.6 Å². The van der Waals surface area contributed by atoms with E-state index in [4.69, 9.17) is 21.1 Å². The van der Waals surface area contributed by atoms with Gasteiger partial charge in [-0.15, -0.1) is 0 Å². The van der Waals surface area contributed by atoms with E-state index in [0.717, 1.165) is 11.1 Å². The van der Waals surface area contributed by atoms with Crippen LogP contribution in [-0.2, 0) is 14.3 Å². The van der Waals surface area contributed by atoms with Gasteiger partial charge in [0.2, 0.25) is 0 Å². The first kappa shape index (κ1) is 21.2. The summed E-state index contributed by atoms with van der Waals surface area (Å²) >= 11 is 6.13. The van der Waals surface area contributed by atoms with Crippen molar-refractivity contribution in [3.05, 3.63) is 58.1 Å². The number of methoxy groups -OCH3 is 1. The van der Waals surface area contributed by atoms with Gasteiger partial charge in [-0.3, -0.25) is 14.4 Å². The Balaban J connectivity index is 1.78. The molecule has 28 heavy (non-hydrogen) atoms. The highest BCUT2D eigenvalue weighted by Gasteiger charge is 2.13. The molecule has 0 fully saturated rings. The van der Waals surface area contributed by atoms with Crippen molar-refractivity contribution in [3.8, 4) is 5.75 Å². The lowest BCUT2D eigenvalue weighted by atomic mass is 10.1. The summed E-state index contributed by atoms with van der Waals surface area (Å²) in [5.41, 5.74) is 2.62. The highest BCUT2D eigenvalue weighted by molar-refractivity contribution is 6.34. The zero-order valence-electron chi connectivity index (χ0n) is 15.8. The molecule has 0 spiro atoms. The summed E-state index contributed by atoms with van der Waals surface area (Å²) in [6, 6.07) is 10.0. The van der Waals surface area contributed by atoms with Crippen LogP contribution in [0.4, 0.5) is 5.69 Å². The van der Waals surface area contributed by atoms with Gasteiger partial charge in [-0.1, -0.05) is 17.7 Å². The average molecular weight is 405 g/mol. The molecule has 2 rings (SSSR count). The average Bonchev–Trinajstić information content (AvgIpc) is 2.67. The molecule has 0 heterocycles. The molecule has 0 aromatic heterocycles. The number of anilines is 1. The predicted octanol–water partition coefficient (Wildman–Crippen LogP) is 2.88. The highest BCUT2D eigenvalue weighted by Crippen LogP contribution is 2.27. The van der Waals surface area contributed by atoms with Crippen molar-refractivity contribution in [1.29, 1.82) is 0 Å². The molecule has 0 aliphatic carbocycles. The number of aryl methyl sites for hydroxylation is 2. The van der Waals surface area contributed by atoms with Gasteiger partial charge in [-0.05, 0) is 55.3 Å². The largest absolute Gasteiger partial charge is 0.497 e. The second-order valence-corrected chi connectivity index (χ2v) is 6.47. The van der Waals surface area contributed by atoms with Crippen molar-refractivity contribution in [2.24, 2.45) is 0 Å². The zero-order chi connectivity index (χ0) is 20.7. The van der Waals surface area contributed by atoms with E-state index in [-0.39, 0.29) is 6.54 Å². The number of esters is 1. The fourth-order valence-corrected chi connectivity index (χ4v) is 2.81. The number of amides is 2. The molecule has 8 heteroatoms. The Morgan fingerprint density at radius 1 is 1.07 bits per heavy atom. The first-order valence-corrected chi connectivity index (χ1v) is 8.82. The second-order valence-electron chi connectivity index (χ2n) is 6.06. The van der Waals surface area contributed by atoms with Crippen LogP contribution in [0.25, 0.3) is 0 Å². The van der Waals surface area contributed by atoms with Gasteiger partial charge in [0, 0.05) is 5.56 Å². The van der Waals surface area contributed by atoms with E-state index in [0.29, 0.717) is 22.0 Å². The minimum atomic E-state index is -0.733. The van der Waals surface area contributed by atoms with E-state index in [9.17, 15) is 14.4 Å². The van der Waals surface area contributed by atoms with E-state index >= 15 is 0 Å². The number of hydrogen-bond acceptors (Lipinski definition) is 5. The fraction of sp³-hybridized carbons (Fsp3) is 0.250. The fourth-order valence-electron chi connectivity index (χ4n) is 2.44. The van der Waals surface area contributed by atoms with Crippen molar-refractivity contribution < 1.29 is 23.9 Å². The normalized spacial score (nSPS) is 10.1. The van der Waals surface area contributed by atoms with Gasteiger partial charge in [0.25, 0.3) is 11.8 Å². The monoisotopic (exact) mass is 404 g/mol. The maximum atomic E-state index is 12.0. The van der Waals surface area contributed by atoms with Gasteiger partial charge < -0.3 is 20.1 Å². The molecule has 0 unspecified atom stereocenters. The molecule has 0 saturated heterocycles. The third kappa shape index (κ3) is 5.99. The molecule has 148 valence electrons. The van der Waals surface area contributed by atoms with Crippen LogP contribution in [-0.4, -0.2) is 38.0 Å². The first-order valence-electron chi connectivity index (χ1n) is 8.44. The van der Waals surface area contributed by atoms with Crippen LogP contribution in [0.5, 0.6) is 5.75 Å². The number of nitrogens with one attached hydrogen (secondary N) is 2. The number of rotatable bonds is 7. The zero-order valence-corrected chi connectivity index (χ0v) is 16.6. The Morgan fingerprint density at radius 3 is 2.36 bits per heavy atom. The Bertz CT molecular complexity index is 858. The predicted molar refractivity (Wildman–Crippen MR) is 106 cm³/mol. The number of carbonyl (C=O) groups is 3. The topological polar surface area (TPSA) is 93.7 Å². The molecule has 0 aliphatic rings. The summed E-state index contributed by atoms with van der Waals surface area (Å²) < 4.78 is 9.89. The van der Waals surface area contributed by atoms with Crippen LogP contribution in [0.1, 0.15) is 21.5 Å². The minimum absolute atomic E-state index is 0.359. The van der Waals surface area contributed by atoms with Crippen LogP contribution in [0.3, 0.4) is 0 Å². The Hall–Kier alpha value is -3.06. The van der Waals surface area contributed by atoms with Crippen molar-refractivity contribution in [2.75, 3.05) is 25.6 Å². The first-order chi connectivity index (χ1) is 13.3. The SMILES string of the molecule is COc1ccc(C(=O)NCC(=O)OCC(=O)Nc2c(C)cc(C)cc2Cl)cc1. The Labute approximate surface area is 168 Å². The third-order valence-electron chi connectivity index (χ3n) is 3.81. The Kier molecular flexibility index (Phi) is 7.40. The molecule has 7 nitrogen and oxygen atoms in total. The van der Waals surface area contributed by atoms with E-state index in [1.807, 2.05) is 19.9 Å². The lowest BCUT2D eigenvalue weighted by Crippen LogP contribution is -2.32. The highest BCUT2D eigenvalue weighted by atomic mass is 35.5. The summed E-state index contributed by atoms with van der Waals surface area (Å²) in [5.74, 6) is -1.08. The summed E-state index contributed by atoms with van der Waals surface area (Å²) in [6.07, 6.45) is 0. The summed E-state index contributed by atoms with van der Waals surface area (Å²) in [5, 5.41) is 5.45. The lowest BCUT2D eigenvalue weighted by molar-refractivity contribution is -0.146. The van der Waals surface area contributed by atoms with Crippen molar-refractivity contribution in [1.82, 2.24) is 5.32 Å². The minimum Gasteiger partial charge on any atom is -0.497 e. The molecular formula is C20H21ClN2O5. The quantitative estimate of drug-likeness (QED) is 0.692. The van der Waals surface area contributed by atoms with Gasteiger partial charge in [0.05, 0.1) is 17.8 Å². The maximum Gasteiger partial charge on any atom is 0.325 e. The van der Waals surface area contributed by atoms with Crippen LogP contribution in [0.15, 0.2) is 36.4 Å². The molecule has 0 radical (unpaired) electrons. The van der Waals surface area contributed by atoms with Crippen molar-refractivity contribution >= 4 is 35.1 Å². The van der Waals surface area contributed by atoms with E-state index in [1.54, 1.807) is 30.3 Å². The maximum absolute atomic E-state index is 12.0. The number of benzene rings is 2. The van der Waals surface area contributed by atoms with Gasteiger partial charge in [0.15, 0.2) is 6.61 Å².